The summed E-state index contributed by atoms with van der Waals surface area (Å²) >= 11 is 1.29. The second-order valence-electron chi connectivity index (χ2n) is 4.15. The van der Waals surface area contributed by atoms with E-state index in [0.717, 1.165) is 19.4 Å². The van der Waals surface area contributed by atoms with Crippen molar-refractivity contribution in [3.63, 3.8) is 0 Å². The number of nitrogens with one attached hydrogen (secondary N) is 1. The predicted molar refractivity (Wildman–Crippen MR) is 73.3 cm³/mol. The van der Waals surface area contributed by atoms with Crippen LogP contribution in [0.3, 0.4) is 0 Å². The van der Waals surface area contributed by atoms with E-state index in [2.05, 4.69) is 12.2 Å². The second-order valence-corrected chi connectivity index (χ2v) is 7.63. The molecule has 2 atom stereocenters. The van der Waals surface area contributed by atoms with E-state index in [-0.39, 0.29) is 11.3 Å². The topological polar surface area (TPSA) is 46.2 Å². The van der Waals surface area contributed by atoms with Crippen LogP contribution in [0.1, 0.15) is 33.6 Å². The van der Waals surface area contributed by atoms with Crippen molar-refractivity contribution >= 4 is 21.2 Å². The van der Waals surface area contributed by atoms with Gasteiger partial charge in [0.05, 0.1) is 5.25 Å². The zero-order valence-electron chi connectivity index (χ0n) is 10.6. The van der Waals surface area contributed by atoms with Crippen molar-refractivity contribution in [2.75, 3.05) is 6.54 Å². The molecule has 0 aliphatic carbocycles. The van der Waals surface area contributed by atoms with Crippen LogP contribution in [0.15, 0.2) is 21.7 Å². The lowest BCUT2D eigenvalue weighted by Crippen LogP contribution is -2.42. The number of hydrogen-bond donors (Lipinski definition) is 1. The zero-order chi connectivity index (χ0) is 12.9. The van der Waals surface area contributed by atoms with E-state index in [1.54, 1.807) is 24.4 Å². The quantitative estimate of drug-likeness (QED) is 0.832. The van der Waals surface area contributed by atoms with Gasteiger partial charge in [0.25, 0.3) is 0 Å². The van der Waals surface area contributed by atoms with Crippen molar-refractivity contribution in [3.05, 3.63) is 17.5 Å². The second kappa shape index (κ2) is 6.52. The van der Waals surface area contributed by atoms with Crippen LogP contribution < -0.4 is 5.32 Å². The highest BCUT2D eigenvalue weighted by molar-refractivity contribution is 7.94. The first-order chi connectivity index (χ1) is 8.04. The minimum atomic E-state index is -3.18. The minimum absolute atomic E-state index is 0.0297. The van der Waals surface area contributed by atoms with E-state index in [1.165, 1.54) is 11.3 Å². The van der Waals surface area contributed by atoms with Gasteiger partial charge in [-0.1, -0.05) is 19.9 Å². The Labute approximate surface area is 108 Å². The Morgan fingerprint density at radius 1 is 1.41 bits per heavy atom. The highest BCUT2D eigenvalue weighted by Gasteiger charge is 2.30. The van der Waals surface area contributed by atoms with Gasteiger partial charge < -0.3 is 5.32 Å². The third kappa shape index (κ3) is 3.53. The van der Waals surface area contributed by atoms with E-state index in [9.17, 15) is 8.42 Å². The molecule has 0 saturated carbocycles. The molecule has 1 aromatic heterocycles. The van der Waals surface area contributed by atoms with Crippen LogP contribution in [0.25, 0.3) is 0 Å². The number of hydrogen-bond acceptors (Lipinski definition) is 4. The van der Waals surface area contributed by atoms with Crippen LogP contribution in [-0.2, 0) is 9.84 Å². The van der Waals surface area contributed by atoms with Gasteiger partial charge in [0, 0.05) is 6.04 Å². The van der Waals surface area contributed by atoms with Crippen LogP contribution >= 0.6 is 11.3 Å². The van der Waals surface area contributed by atoms with Crippen LogP contribution in [0.5, 0.6) is 0 Å². The molecule has 0 spiro atoms. The van der Waals surface area contributed by atoms with E-state index in [0.29, 0.717) is 4.21 Å². The molecule has 2 unspecified atom stereocenters. The summed E-state index contributed by atoms with van der Waals surface area (Å²) in [6.45, 7) is 6.76. The summed E-state index contributed by atoms with van der Waals surface area (Å²) in [7, 11) is -3.18. The Hall–Kier alpha value is -0.390. The van der Waals surface area contributed by atoms with E-state index in [4.69, 9.17) is 0 Å². The number of rotatable bonds is 7. The van der Waals surface area contributed by atoms with Gasteiger partial charge in [-0.3, -0.25) is 0 Å². The van der Waals surface area contributed by atoms with Crippen LogP contribution in [0.2, 0.25) is 0 Å². The van der Waals surface area contributed by atoms with Gasteiger partial charge in [-0.15, -0.1) is 11.3 Å². The van der Waals surface area contributed by atoms with Gasteiger partial charge in [-0.25, -0.2) is 8.42 Å². The maximum atomic E-state index is 12.3. The fraction of sp³-hybridized carbons (Fsp3) is 0.667. The molecular formula is C12H21NO2S2. The molecule has 17 heavy (non-hydrogen) atoms. The molecule has 5 heteroatoms. The summed E-state index contributed by atoms with van der Waals surface area (Å²) in [4.78, 5) is 0. The third-order valence-electron chi connectivity index (χ3n) is 2.93. The van der Waals surface area contributed by atoms with Crippen molar-refractivity contribution in [1.82, 2.24) is 5.32 Å². The third-order valence-corrected chi connectivity index (χ3v) is 6.58. The molecule has 1 N–H and O–H groups in total. The van der Waals surface area contributed by atoms with E-state index in [1.807, 2.05) is 6.92 Å². The molecule has 0 fully saturated rings. The summed E-state index contributed by atoms with van der Waals surface area (Å²) in [5.41, 5.74) is 0. The molecule has 0 aromatic carbocycles. The number of sulfone groups is 1. The number of thiophene rings is 1. The Morgan fingerprint density at radius 3 is 2.59 bits per heavy atom. The smallest absolute Gasteiger partial charge is 0.191 e. The summed E-state index contributed by atoms with van der Waals surface area (Å²) in [5.74, 6) is 0. The molecule has 1 rings (SSSR count). The summed E-state index contributed by atoms with van der Waals surface area (Å²) < 4.78 is 25.1. The molecule has 98 valence electrons. The minimum Gasteiger partial charge on any atom is -0.313 e. The fourth-order valence-electron chi connectivity index (χ4n) is 1.80. The zero-order valence-corrected chi connectivity index (χ0v) is 12.3. The van der Waals surface area contributed by atoms with Gasteiger partial charge in [0.15, 0.2) is 9.84 Å². The lowest BCUT2D eigenvalue weighted by Gasteiger charge is -2.23. The van der Waals surface area contributed by atoms with Gasteiger partial charge >= 0.3 is 0 Å². The molecule has 0 bridgehead atoms. The van der Waals surface area contributed by atoms with Crippen molar-refractivity contribution in [1.29, 1.82) is 0 Å². The largest absolute Gasteiger partial charge is 0.313 e. The van der Waals surface area contributed by atoms with E-state index >= 15 is 0 Å². The highest BCUT2D eigenvalue weighted by Crippen LogP contribution is 2.23. The standard InChI is InChI=1S/C12H21NO2S2/c1-4-8-13-11(5-2)10(3)17(14,15)12-7-6-9-16-12/h6-7,9-11,13H,4-5,8H2,1-3H3. The van der Waals surface area contributed by atoms with Gasteiger partial charge in [0.1, 0.15) is 4.21 Å². The SMILES string of the molecule is CCCNC(CC)C(C)S(=O)(=O)c1cccs1. The molecule has 1 heterocycles. The average Bonchev–Trinajstić information content (AvgIpc) is 2.83. The first kappa shape index (κ1) is 14.7. The normalized spacial score (nSPS) is 15.7. The predicted octanol–water partition coefficient (Wildman–Crippen LogP) is 2.69. The maximum absolute atomic E-state index is 12.3. The molecule has 0 aliphatic heterocycles. The summed E-state index contributed by atoms with van der Waals surface area (Å²) in [5, 5.41) is 4.74. The fourth-order valence-corrected chi connectivity index (χ4v) is 4.76. The monoisotopic (exact) mass is 275 g/mol. The van der Waals surface area contributed by atoms with Gasteiger partial charge in [-0.2, -0.15) is 0 Å². The van der Waals surface area contributed by atoms with Gasteiger partial charge in [-0.05, 0) is 37.8 Å². The lowest BCUT2D eigenvalue weighted by molar-refractivity contribution is 0.472. The Balaban J connectivity index is 2.83. The maximum Gasteiger partial charge on any atom is 0.191 e. The van der Waals surface area contributed by atoms with Crippen molar-refractivity contribution in [2.45, 2.75) is 49.1 Å². The van der Waals surface area contributed by atoms with Crippen molar-refractivity contribution in [2.24, 2.45) is 0 Å². The Kier molecular flexibility index (Phi) is 5.62. The van der Waals surface area contributed by atoms with Crippen LogP contribution in [0.4, 0.5) is 0 Å². The average molecular weight is 275 g/mol. The highest BCUT2D eigenvalue weighted by atomic mass is 32.2. The van der Waals surface area contributed by atoms with E-state index < -0.39 is 9.84 Å². The first-order valence-electron chi connectivity index (χ1n) is 6.04. The van der Waals surface area contributed by atoms with Crippen molar-refractivity contribution < 1.29 is 8.42 Å². The molecule has 0 aliphatic rings. The molecule has 1 aromatic rings. The summed E-state index contributed by atoms with van der Waals surface area (Å²) in [6, 6.07) is 3.50. The van der Waals surface area contributed by atoms with Crippen LogP contribution in [-0.4, -0.2) is 26.3 Å². The Morgan fingerprint density at radius 2 is 2.12 bits per heavy atom. The van der Waals surface area contributed by atoms with Gasteiger partial charge in [0.2, 0.25) is 0 Å². The Bertz CT molecular complexity index is 412. The summed E-state index contributed by atoms with van der Waals surface area (Å²) in [6.07, 6.45) is 1.84. The van der Waals surface area contributed by atoms with Crippen molar-refractivity contribution in [3.8, 4) is 0 Å². The van der Waals surface area contributed by atoms with Crippen LogP contribution in [0, 0.1) is 0 Å². The molecule has 0 amide bonds. The first-order valence-corrected chi connectivity index (χ1v) is 8.47. The lowest BCUT2D eigenvalue weighted by atomic mass is 10.1. The molecular weight excluding hydrogens is 254 g/mol. The molecule has 0 saturated heterocycles. The molecule has 0 radical (unpaired) electrons. The molecule has 3 nitrogen and oxygen atoms in total.